The van der Waals surface area contributed by atoms with Gasteiger partial charge in [-0.05, 0) is 37.1 Å². The summed E-state index contributed by atoms with van der Waals surface area (Å²) in [6.07, 6.45) is 4.86. The Kier molecular flexibility index (Phi) is 5.00. The summed E-state index contributed by atoms with van der Waals surface area (Å²) in [5.41, 5.74) is 3.80. The number of nitrogens with zero attached hydrogens (tertiary/aromatic N) is 5. The number of aromatic nitrogens is 3. The van der Waals surface area contributed by atoms with E-state index in [-0.39, 0.29) is 0 Å². The summed E-state index contributed by atoms with van der Waals surface area (Å²) in [5.74, 6) is 0.600. The lowest BCUT2D eigenvalue weighted by Gasteiger charge is -2.24. The maximum absolute atomic E-state index is 4.64. The molecular formula is C21H27N5. The van der Waals surface area contributed by atoms with Crippen LogP contribution in [0.25, 0.3) is 10.9 Å². The Labute approximate surface area is 155 Å². The predicted molar refractivity (Wildman–Crippen MR) is 105 cm³/mol. The molecule has 3 aromatic rings. The van der Waals surface area contributed by atoms with Gasteiger partial charge in [0.15, 0.2) is 0 Å². The van der Waals surface area contributed by atoms with Gasteiger partial charge in [-0.3, -0.25) is 14.6 Å². The molecule has 0 aliphatic carbocycles. The molecule has 136 valence electrons. The van der Waals surface area contributed by atoms with Gasteiger partial charge in [0, 0.05) is 57.6 Å². The summed E-state index contributed by atoms with van der Waals surface area (Å²) in [6, 6.07) is 12.8. The van der Waals surface area contributed by atoms with E-state index in [1.165, 1.54) is 16.6 Å². The van der Waals surface area contributed by atoms with Crippen LogP contribution in [0.2, 0.25) is 0 Å². The first-order valence-corrected chi connectivity index (χ1v) is 9.39. The highest BCUT2D eigenvalue weighted by molar-refractivity contribution is 5.81. The summed E-state index contributed by atoms with van der Waals surface area (Å²) in [6.45, 7) is 5.42. The molecule has 1 aliphatic heterocycles. The summed E-state index contributed by atoms with van der Waals surface area (Å²) in [4.78, 5) is 9.68. The van der Waals surface area contributed by atoms with Crippen molar-refractivity contribution in [1.82, 2.24) is 24.6 Å². The van der Waals surface area contributed by atoms with E-state index in [0.717, 1.165) is 44.7 Å². The van der Waals surface area contributed by atoms with Crippen LogP contribution < -0.4 is 0 Å². The van der Waals surface area contributed by atoms with Gasteiger partial charge in [-0.1, -0.05) is 24.3 Å². The summed E-state index contributed by atoms with van der Waals surface area (Å²) in [7, 11) is 4.26. The number of para-hydroxylation sites is 1. The molecule has 0 radical (unpaired) electrons. The molecule has 5 nitrogen and oxygen atoms in total. The average molecular weight is 349 g/mol. The number of fused-ring (bicyclic) bond motifs is 1. The van der Waals surface area contributed by atoms with Crippen LogP contribution in [0, 0.1) is 5.92 Å². The molecular weight excluding hydrogens is 322 g/mol. The third-order valence-corrected chi connectivity index (χ3v) is 5.42. The number of likely N-dealkylation sites (N-methyl/N-ethyl adjacent to an activating group) is 1. The quantitative estimate of drug-likeness (QED) is 0.725. The first-order valence-electron chi connectivity index (χ1n) is 9.39. The van der Waals surface area contributed by atoms with E-state index in [4.69, 9.17) is 0 Å². The molecule has 0 bridgehead atoms. The zero-order valence-corrected chi connectivity index (χ0v) is 15.7. The molecule has 1 aromatic carbocycles. The fourth-order valence-electron chi connectivity index (χ4n) is 4.06. The van der Waals surface area contributed by atoms with Crippen LogP contribution in [0.1, 0.15) is 11.3 Å². The molecule has 26 heavy (non-hydrogen) atoms. The van der Waals surface area contributed by atoms with Crippen LogP contribution in [-0.2, 0) is 20.0 Å². The van der Waals surface area contributed by atoms with E-state index in [2.05, 4.69) is 57.3 Å². The zero-order chi connectivity index (χ0) is 17.9. The van der Waals surface area contributed by atoms with Crippen molar-refractivity contribution in [2.24, 2.45) is 13.0 Å². The second-order valence-electron chi connectivity index (χ2n) is 7.51. The highest BCUT2D eigenvalue weighted by atomic mass is 15.3. The van der Waals surface area contributed by atoms with E-state index in [1.807, 2.05) is 30.2 Å². The third-order valence-electron chi connectivity index (χ3n) is 5.42. The normalized spacial score (nSPS) is 19.7. The van der Waals surface area contributed by atoms with Crippen LogP contribution in [0.15, 0.2) is 48.8 Å². The maximum Gasteiger partial charge on any atom is 0.0734 e. The number of benzene rings is 1. The van der Waals surface area contributed by atoms with Crippen molar-refractivity contribution in [3.8, 4) is 0 Å². The molecule has 3 heterocycles. The van der Waals surface area contributed by atoms with Gasteiger partial charge in [0.25, 0.3) is 0 Å². The minimum atomic E-state index is 0.600. The SMILES string of the molecule is CN1CCN(Cc2ccnn2C)CC(Cc2cccc3cccnc23)C1. The van der Waals surface area contributed by atoms with Gasteiger partial charge in [0.05, 0.1) is 11.2 Å². The fourth-order valence-corrected chi connectivity index (χ4v) is 4.06. The van der Waals surface area contributed by atoms with Crippen molar-refractivity contribution in [3.05, 3.63) is 60.0 Å². The maximum atomic E-state index is 4.64. The van der Waals surface area contributed by atoms with E-state index < -0.39 is 0 Å². The topological polar surface area (TPSA) is 37.2 Å². The van der Waals surface area contributed by atoms with Crippen LogP contribution >= 0.6 is 0 Å². The predicted octanol–water partition coefficient (Wildman–Crippen LogP) is 2.57. The van der Waals surface area contributed by atoms with Crippen molar-refractivity contribution in [3.63, 3.8) is 0 Å². The highest BCUT2D eigenvalue weighted by Crippen LogP contribution is 2.22. The minimum absolute atomic E-state index is 0.600. The molecule has 5 heteroatoms. The van der Waals surface area contributed by atoms with Gasteiger partial charge in [0.2, 0.25) is 0 Å². The Morgan fingerprint density at radius 3 is 2.73 bits per heavy atom. The lowest BCUT2D eigenvalue weighted by Crippen LogP contribution is -2.31. The molecule has 0 N–H and O–H groups in total. The van der Waals surface area contributed by atoms with Crippen molar-refractivity contribution in [2.45, 2.75) is 13.0 Å². The van der Waals surface area contributed by atoms with E-state index in [0.29, 0.717) is 5.92 Å². The largest absolute Gasteiger partial charge is 0.305 e. The number of pyridine rings is 1. The van der Waals surface area contributed by atoms with Gasteiger partial charge >= 0.3 is 0 Å². The standard InChI is InChI=1S/C21H27N5/c1-24-11-12-26(16-20-8-10-23-25(20)2)15-17(14-24)13-19-6-3-5-18-7-4-9-22-21(18)19/h3-10,17H,11-16H2,1-2H3. The Bertz CT molecular complexity index is 866. The summed E-state index contributed by atoms with van der Waals surface area (Å²) in [5, 5.41) is 5.55. The Balaban J connectivity index is 1.53. The van der Waals surface area contributed by atoms with Gasteiger partial charge in [-0.25, -0.2) is 0 Å². The molecule has 1 saturated heterocycles. The first-order chi connectivity index (χ1) is 12.7. The van der Waals surface area contributed by atoms with Crippen molar-refractivity contribution >= 4 is 10.9 Å². The third kappa shape index (κ3) is 3.79. The molecule has 2 aromatic heterocycles. The molecule has 0 saturated carbocycles. The van der Waals surface area contributed by atoms with Gasteiger partial charge < -0.3 is 4.90 Å². The average Bonchev–Trinajstić information content (AvgIpc) is 2.95. The van der Waals surface area contributed by atoms with Gasteiger partial charge in [-0.2, -0.15) is 5.10 Å². The molecule has 1 aliphatic rings. The molecule has 0 spiro atoms. The van der Waals surface area contributed by atoms with Crippen LogP contribution in [-0.4, -0.2) is 57.8 Å². The Hall–Kier alpha value is -2.24. The van der Waals surface area contributed by atoms with E-state index in [9.17, 15) is 0 Å². The van der Waals surface area contributed by atoms with E-state index in [1.54, 1.807) is 0 Å². The van der Waals surface area contributed by atoms with Crippen LogP contribution in [0.3, 0.4) is 0 Å². The zero-order valence-electron chi connectivity index (χ0n) is 15.7. The molecule has 1 atom stereocenters. The number of hydrogen-bond acceptors (Lipinski definition) is 4. The molecule has 1 unspecified atom stereocenters. The van der Waals surface area contributed by atoms with Crippen LogP contribution in [0.4, 0.5) is 0 Å². The number of hydrogen-bond donors (Lipinski definition) is 0. The number of rotatable bonds is 4. The van der Waals surface area contributed by atoms with Gasteiger partial charge in [0.1, 0.15) is 0 Å². The van der Waals surface area contributed by atoms with Crippen LogP contribution in [0.5, 0.6) is 0 Å². The smallest absolute Gasteiger partial charge is 0.0734 e. The highest BCUT2D eigenvalue weighted by Gasteiger charge is 2.22. The first kappa shape index (κ1) is 17.2. The Morgan fingerprint density at radius 1 is 1.00 bits per heavy atom. The molecule has 4 rings (SSSR count). The lowest BCUT2D eigenvalue weighted by molar-refractivity contribution is 0.243. The number of aryl methyl sites for hydroxylation is 1. The van der Waals surface area contributed by atoms with Crippen molar-refractivity contribution in [2.75, 3.05) is 33.2 Å². The minimum Gasteiger partial charge on any atom is -0.305 e. The monoisotopic (exact) mass is 349 g/mol. The summed E-state index contributed by atoms with van der Waals surface area (Å²) >= 11 is 0. The van der Waals surface area contributed by atoms with E-state index >= 15 is 0 Å². The fraction of sp³-hybridized carbons (Fsp3) is 0.429. The molecule has 0 amide bonds. The van der Waals surface area contributed by atoms with Crippen molar-refractivity contribution < 1.29 is 0 Å². The molecule has 1 fully saturated rings. The summed E-state index contributed by atoms with van der Waals surface area (Å²) < 4.78 is 1.98. The second-order valence-corrected chi connectivity index (χ2v) is 7.51. The second kappa shape index (κ2) is 7.56. The lowest BCUT2D eigenvalue weighted by atomic mass is 9.96. The van der Waals surface area contributed by atoms with Gasteiger partial charge in [-0.15, -0.1) is 0 Å². The Morgan fingerprint density at radius 2 is 1.88 bits per heavy atom. The van der Waals surface area contributed by atoms with Crippen molar-refractivity contribution in [1.29, 1.82) is 0 Å².